The molecule has 0 aliphatic rings. The van der Waals surface area contributed by atoms with Crippen LogP contribution in [0.15, 0.2) is 51.4 Å². The second-order valence-corrected chi connectivity index (χ2v) is 5.57. The zero-order valence-corrected chi connectivity index (χ0v) is 11.9. The lowest BCUT2D eigenvalue weighted by atomic mass is 10.1. The van der Waals surface area contributed by atoms with Crippen LogP contribution in [0.3, 0.4) is 0 Å². The SMILES string of the molecule is Cn1c(=O)n(CCc2ccccc2)c(=O)c2ccsc21. The van der Waals surface area contributed by atoms with Crippen LogP contribution in [0, 0.1) is 0 Å². The summed E-state index contributed by atoms with van der Waals surface area (Å²) < 4.78 is 2.87. The molecule has 0 bridgehead atoms. The van der Waals surface area contributed by atoms with Gasteiger partial charge in [0.25, 0.3) is 5.56 Å². The molecule has 0 saturated carbocycles. The van der Waals surface area contributed by atoms with Crippen LogP contribution < -0.4 is 11.2 Å². The molecule has 4 nitrogen and oxygen atoms in total. The maximum absolute atomic E-state index is 12.3. The third kappa shape index (κ3) is 2.10. The lowest BCUT2D eigenvalue weighted by molar-refractivity contribution is 0.606. The smallest absolute Gasteiger partial charge is 0.287 e. The van der Waals surface area contributed by atoms with Gasteiger partial charge >= 0.3 is 5.69 Å². The van der Waals surface area contributed by atoms with Crippen LogP contribution >= 0.6 is 11.3 Å². The van der Waals surface area contributed by atoms with Crippen LogP contribution in [0.2, 0.25) is 0 Å². The van der Waals surface area contributed by atoms with Gasteiger partial charge in [-0.25, -0.2) is 4.79 Å². The van der Waals surface area contributed by atoms with Gasteiger partial charge in [0.2, 0.25) is 0 Å². The molecule has 0 aliphatic heterocycles. The highest BCUT2D eigenvalue weighted by molar-refractivity contribution is 7.16. The van der Waals surface area contributed by atoms with E-state index in [2.05, 4.69) is 0 Å². The molecule has 102 valence electrons. The van der Waals surface area contributed by atoms with E-state index in [1.54, 1.807) is 17.7 Å². The average Bonchev–Trinajstić information content (AvgIpc) is 2.96. The molecule has 0 radical (unpaired) electrons. The Morgan fingerprint density at radius 2 is 1.85 bits per heavy atom. The van der Waals surface area contributed by atoms with Crippen LogP contribution in [0.25, 0.3) is 10.2 Å². The Morgan fingerprint density at radius 1 is 1.10 bits per heavy atom. The van der Waals surface area contributed by atoms with Gasteiger partial charge in [-0.3, -0.25) is 13.9 Å². The topological polar surface area (TPSA) is 44.0 Å². The fourth-order valence-electron chi connectivity index (χ4n) is 2.31. The van der Waals surface area contributed by atoms with E-state index in [1.165, 1.54) is 15.9 Å². The zero-order valence-electron chi connectivity index (χ0n) is 11.1. The van der Waals surface area contributed by atoms with Crippen molar-refractivity contribution in [3.8, 4) is 0 Å². The molecule has 1 aromatic carbocycles. The molecule has 20 heavy (non-hydrogen) atoms. The van der Waals surface area contributed by atoms with Gasteiger partial charge in [-0.1, -0.05) is 30.3 Å². The highest BCUT2D eigenvalue weighted by Gasteiger charge is 2.11. The van der Waals surface area contributed by atoms with Gasteiger partial charge in [0.15, 0.2) is 0 Å². The Kier molecular flexibility index (Phi) is 3.28. The number of aromatic nitrogens is 2. The van der Waals surface area contributed by atoms with Crippen molar-refractivity contribution >= 4 is 21.6 Å². The fourth-order valence-corrected chi connectivity index (χ4v) is 3.16. The second-order valence-electron chi connectivity index (χ2n) is 4.67. The maximum Gasteiger partial charge on any atom is 0.331 e. The number of aryl methyl sites for hydroxylation is 2. The minimum absolute atomic E-state index is 0.194. The third-order valence-corrected chi connectivity index (χ3v) is 4.40. The summed E-state index contributed by atoms with van der Waals surface area (Å²) in [4.78, 5) is 25.3. The largest absolute Gasteiger partial charge is 0.331 e. The molecule has 3 aromatic rings. The van der Waals surface area contributed by atoms with Gasteiger partial charge in [0.05, 0.1) is 5.39 Å². The summed E-state index contributed by atoms with van der Waals surface area (Å²) in [5, 5.41) is 2.46. The number of benzene rings is 1. The lowest BCUT2D eigenvalue weighted by Crippen LogP contribution is -2.39. The van der Waals surface area contributed by atoms with E-state index in [-0.39, 0.29) is 11.2 Å². The Labute approximate surface area is 119 Å². The Morgan fingerprint density at radius 3 is 2.60 bits per heavy atom. The first-order chi connectivity index (χ1) is 9.68. The molecule has 0 unspecified atom stereocenters. The standard InChI is InChI=1S/C15H14N2O2S/c1-16-14-12(8-10-20-14)13(18)17(15(16)19)9-7-11-5-3-2-4-6-11/h2-6,8,10H,7,9H2,1H3. The summed E-state index contributed by atoms with van der Waals surface area (Å²) in [5.41, 5.74) is 0.674. The van der Waals surface area contributed by atoms with Crippen LogP contribution in [-0.2, 0) is 20.0 Å². The molecule has 0 amide bonds. The normalized spacial score (nSPS) is 11.1. The summed E-state index contributed by atoms with van der Waals surface area (Å²) in [6.45, 7) is 0.404. The van der Waals surface area contributed by atoms with Gasteiger partial charge < -0.3 is 0 Å². The van der Waals surface area contributed by atoms with Crippen molar-refractivity contribution < 1.29 is 0 Å². The van der Waals surface area contributed by atoms with Gasteiger partial charge in [0, 0.05) is 13.6 Å². The van der Waals surface area contributed by atoms with Crippen LogP contribution in [0.5, 0.6) is 0 Å². The van der Waals surface area contributed by atoms with E-state index in [9.17, 15) is 9.59 Å². The number of nitrogens with zero attached hydrogens (tertiary/aromatic N) is 2. The summed E-state index contributed by atoms with van der Waals surface area (Å²) >= 11 is 1.42. The fraction of sp³-hybridized carbons (Fsp3) is 0.200. The van der Waals surface area contributed by atoms with E-state index < -0.39 is 0 Å². The van der Waals surface area contributed by atoms with Crippen LogP contribution in [-0.4, -0.2) is 9.13 Å². The number of rotatable bonds is 3. The van der Waals surface area contributed by atoms with E-state index in [0.29, 0.717) is 18.4 Å². The quantitative estimate of drug-likeness (QED) is 0.739. The van der Waals surface area contributed by atoms with Gasteiger partial charge in [-0.15, -0.1) is 11.3 Å². The Bertz CT molecular complexity index is 859. The summed E-state index contributed by atoms with van der Waals surface area (Å²) in [5.74, 6) is 0. The first-order valence-corrected chi connectivity index (χ1v) is 7.27. The van der Waals surface area contributed by atoms with Crippen molar-refractivity contribution in [1.82, 2.24) is 9.13 Å². The monoisotopic (exact) mass is 286 g/mol. The minimum atomic E-state index is -0.249. The molecule has 0 atom stereocenters. The number of fused-ring (bicyclic) bond motifs is 1. The van der Waals surface area contributed by atoms with Gasteiger partial charge in [-0.2, -0.15) is 0 Å². The lowest BCUT2D eigenvalue weighted by Gasteiger charge is -2.08. The molecular weight excluding hydrogens is 272 g/mol. The van der Waals surface area contributed by atoms with Gasteiger partial charge in [0.1, 0.15) is 4.83 Å². The first kappa shape index (κ1) is 12.9. The van der Waals surface area contributed by atoms with Crippen molar-refractivity contribution in [2.24, 2.45) is 7.05 Å². The Hall–Kier alpha value is -2.14. The number of hydrogen-bond acceptors (Lipinski definition) is 3. The summed E-state index contributed by atoms with van der Waals surface area (Å²) in [7, 11) is 1.71. The van der Waals surface area contributed by atoms with Crippen molar-refractivity contribution in [2.45, 2.75) is 13.0 Å². The molecule has 0 spiro atoms. The molecule has 5 heteroatoms. The van der Waals surface area contributed by atoms with Crippen molar-refractivity contribution in [2.75, 3.05) is 0 Å². The molecule has 0 fully saturated rings. The molecular formula is C15H14N2O2S. The van der Waals surface area contributed by atoms with Crippen molar-refractivity contribution in [1.29, 1.82) is 0 Å². The van der Waals surface area contributed by atoms with Crippen LogP contribution in [0.1, 0.15) is 5.56 Å². The van der Waals surface area contributed by atoms with Crippen molar-refractivity contribution in [3.63, 3.8) is 0 Å². The maximum atomic E-state index is 12.3. The number of hydrogen-bond donors (Lipinski definition) is 0. The molecule has 2 aromatic heterocycles. The molecule has 2 heterocycles. The highest BCUT2D eigenvalue weighted by atomic mass is 32.1. The van der Waals surface area contributed by atoms with E-state index >= 15 is 0 Å². The highest BCUT2D eigenvalue weighted by Crippen LogP contribution is 2.14. The Balaban J connectivity index is 2.04. The van der Waals surface area contributed by atoms with E-state index in [1.807, 2.05) is 35.7 Å². The molecule has 0 saturated heterocycles. The minimum Gasteiger partial charge on any atom is -0.287 e. The molecule has 3 rings (SSSR count). The predicted octanol–water partition coefficient (Wildman–Crippen LogP) is 2.00. The van der Waals surface area contributed by atoms with Crippen molar-refractivity contribution in [3.05, 3.63) is 68.2 Å². The summed E-state index contributed by atoms with van der Waals surface area (Å²) in [6, 6.07) is 11.6. The van der Waals surface area contributed by atoms with E-state index in [0.717, 1.165) is 10.4 Å². The molecule has 0 aliphatic carbocycles. The second kappa shape index (κ2) is 5.09. The zero-order chi connectivity index (χ0) is 14.1. The van der Waals surface area contributed by atoms with Gasteiger partial charge in [-0.05, 0) is 23.4 Å². The predicted molar refractivity (Wildman–Crippen MR) is 81.5 cm³/mol. The number of thiophene rings is 1. The van der Waals surface area contributed by atoms with Crippen LogP contribution in [0.4, 0.5) is 0 Å². The molecule has 0 N–H and O–H groups in total. The average molecular weight is 286 g/mol. The third-order valence-electron chi connectivity index (χ3n) is 3.41. The first-order valence-electron chi connectivity index (χ1n) is 6.39. The summed E-state index contributed by atoms with van der Waals surface area (Å²) in [6.07, 6.45) is 0.672. The van der Waals surface area contributed by atoms with E-state index in [4.69, 9.17) is 0 Å².